The van der Waals surface area contributed by atoms with Crippen LogP contribution in [0.5, 0.6) is 0 Å². The molecular weight excluding hydrogens is 350 g/mol. The van der Waals surface area contributed by atoms with E-state index in [1.807, 2.05) is 41.1 Å². The van der Waals surface area contributed by atoms with Gasteiger partial charge in [0, 0.05) is 43.9 Å². The number of carbonyl (C=O) groups is 1. The van der Waals surface area contributed by atoms with Gasteiger partial charge in [-0.1, -0.05) is 24.3 Å². The van der Waals surface area contributed by atoms with Crippen LogP contribution < -0.4 is 5.32 Å². The molecule has 0 radical (unpaired) electrons. The molecule has 1 N–H and O–H groups in total. The third kappa shape index (κ3) is 4.15. The second kappa shape index (κ2) is 8.40. The molecule has 0 spiro atoms. The van der Waals surface area contributed by atoms with Crippen LogP contribution in [0.15, 0.2) is 61.1 Å². The van der Waals surface area contributed by atoms with E-state index < -0.39 is 0 Å². The number of benzene rings is 1. The SMILES string of the molecule is Cc1ccccc1Cn1cc(-c2ccncc2)cc1C(=O)NC[C@@H]1CCCO1. The van der Waals surface area contributed by atoms with Gasteiger partial charge in [0.1, 0.15) is 5.69 Å². The van der Waals surface area contributed by atoms with Gasteiger partial charge in [0.15, 0.2) is 0 Å². The summed E-state index contributed by atoms with van der Waals surface area (Å²) in [5.74, 6) is -0.0654. The van der Waals surface area contributed by atoms with Crippen LogP contribution in [0.4, 0.5) is 0 Å². The number of rotatable bonds is 6. The van der Waals surface area contributed by atoms with Gasteiger partial charge in [-0.25, -0.2) is 0 Å². The van der Waals surface area contributed by atoms with Crippen molar-refractivity contribution in [3.05, 3.63) is 77.9 Å². The van der Waals surface area contributed by atoms with Gasteiger partial charge in [0.2, 0.25) is 0 Å². The van der Waals surface area contributed by atoms with Gasteiger partial charge < -0.3 is 14.6 Å². The van der Waals surface area contributed by atoms with Gasteiger partial charge in [-0.3, -0.25) is 9.78 Å². The Morgan fingerprint density at radius 3 is 2.79 bits per heavy atom. The predicted molar refractivity (Wildman–Crippen MR) is 109 cm³/mol. The Morgan fingerprint density at radius 1 is 1.21 bits per heavy atom. The first-order chi connectivity index (χ1) is 13.7. The lowest BCUT2D eigenvalue weighted by atomic mass is 10.1. The summed E-state index contributed by atoms with van der Waals surface area (Å²) >= 11 is 0. The van der Waals surface area contributed by atoms with E-state index in [9.17, 15) is 4.79 Å². The average molecular weight is 375 g/mol. The zero-order chi connectivity index (χ0) is 19.3. The Hall–Kier alpha value is -2.92. The molecule has 1 saturated heterocycles. The van der Waals surface area contributed by atoms with Crippen molar-refractivity contribution in [1.29, 1.82) is 0 Å². The Labute approximate surface area is 165 Å². The summed E-state index contributed by atoms with van der Waals surface area (Å²) in [6.45, 7) is 4.09. The van der Waals surface area contributed by atoms with Crippen molar-refractivity contribution >= 4 is 5.91 Å². The van der Waals surface area contributed by atoms with Gasteiger partial charge >= 0.3 is 0 Å². The molecule has 1 aromatic carbocycles. The number of ether oxygens (including phenoxy) is 1. The van der Waals surface area contributed by atoms with Crippen molar-refractivity contribution in [2.24, 2.45) is 0 Å². The van der Waals surface area contributed by atoms with Gasteiger partial charge in [-0.2, -0.15) is 0 Å². The van der Waals surface area contributed by atoms with E-state index in [0.29, 0.717) is 18.8 Å². The van der Waals surface area contributed by atoms with Crippen LogP contribution in [0.3, 0.4) is 0 Å². The molecule has 1 amide bonds. The zero-order valence-electron chi connectivity index (χ0n) is 16.1. The molecule has 3 aromatic rings. The Bertz CT molecular complexity index is 943. The Kier molecular flexibility index (Phi) is 5.53. The molecule has 1 aliphatic heterocycles. The molecule has 4 rings (SSSR count). The number of aryl methyl sites for hydroxylation is 1. The molecule has 0 saturated carbocycles. The lowest BCUT2D eigenvalue weighted by Gasteiger charge is -2.13. The van der Waals surface area contributed by atoms with E-state index >= 15 is 0 Å². The quantitative estimate of drug-likeness (QED) is 0.713. The monoisotopic (exact) mass is 375 g/mol. The van der Waals surface area contributed by atoms with Crippen LogP contribution in [0.1, 0.15) is 34.5 Å². The maximum absolute atomic E-state index is 12.9. The van der Waals surface area contributed by atoms with Crippen LogP contribution in [0.25, 0.3) is 11.1 Å². The molecule has 28 heavy (non-hydrogen) atoms. The third-order valence-corrected chi connectivity index (χ3v) is 5.26. The second-order valence-corrected chi connectivity index (χ2v) is 7.25. The lowest BCUT2D eigenvalue weighted by Crippen LogP contribution is -2.33. The van der Waals surface area contributed by atoms with Crippen molar-refractivity contribution < 1.29 is 9.53 Å². The highest BCUT2D eigenvalue weighted by Gasteiger charge is 2.19. The number of aromatic nitrogens is 2. The van der Waals surface area contributed by atoms with E-state index in [1.54, 1.807) is 12.4 Å². The molecule has 1 fully saturated rings. The minimum absolute atomic E-state index is 0.0654. The summed E-state index contributed by atoms with van der Waals surface area (Å²) in [5, 5.41) is 3.05. The summed E-state index contributed by atoms with van der Waals surface area (Å²) < 4.78 is 7.66. The zero-order valence-corrected chi connectivity index (χ0v) is 16.1. The fraction of sp³-hybridized carbons (Fsp3) is 0.304. The summed E-state index contributed by atoms with van der Waals surface area (Å²) in [6.07, 6.45) is 7.78. The number of pyridine rings is 1. The normalized spacial score (nSPS) is 16.2. The topological polar surface area (TPSA) is 56.2 Å². The first-order valence-electron chi connectivity index (χ1n) is 9.75. The third-order valence-electron chi connectivity index (χ3n) is 5.26. The lowest BCUT2D eigenvalue weighted by molar-refractivity contribution is 0.0850. The minimum Gasteiger partial charge on any atom is -0.376 e. The molecule has 1 atom stereocenters. The molecule has 3 heterocycles. The number of carbonyl (C=O) groups excluding carboxylic acids is 1. The molecule has 144 valence electrons. The first-order valence-corrected chi connectivity index (χ1v) is 9.75. The van der Waals surface area contributed by atoms with Crippen LogP contribution in [-0.2, 0) is 11.3 Å². The molecular formula is C23H25N3O2. The first kappa shape index (κ1) is 18.4. The van der Waals surface area contributed by atoms with Crippen molar-refractivity contribution in [3.8, 4) is 11.1 Å². The van der Waals surface area contributed by atoms with Crippen molar-refractivity contribution in [2.45, 2.75) is 32.4 Å². The molecule has 1 aliphatic rings. The standard InChI is InChI=1S/C23H25N3O2/c1-17-5-2-3-6-19(17)15-26-16-20(18-8-10-24-11-9-18)13-22(26)23(27)25-14-21-7-4-12-28-21/h2-3,5-6,8-11,13,16,21H,4,7,12,14-15H2,1H3,(H,25,27)/t21-/m0/s1. The molecule has 2 aromatic heterocycles. The maximum atomic E-state index is 12.9. The molecule has 5 nitrogen and oxygen atoms in total. The van der Waals surface area contributed by atoms with Gasteiger partial charge in [-0.15, -0.1) is 0 Å². The average Bonchev–Trinajstić information content (AvgIpc) is 3.39. The largest absolute Gasteiger partial charge is 0.376 e. The van der Waals surface area contributed by atoms with Gasteiger partial charge in [0.25, 0.3) is 5.91 Å². The molecule has 0 bridgehead atoms. The van der Waals surface area contributed by atoms with E-state index in [2.05, 4.69) is 29.4 Å². The van der Waals surface area contributed by atoms with E-state index in [-0.39, 0.29) is 12.0 Å². The number of nitrogens with one attached hydrogen (secondary N) is 1. The number of nitrogens with zero attached hydrogens (tertiary/aromatic N) is 2. The Balaban J connectivity index is 1.61. The van der Waals surface area contributed by atoms with E-state index in [0.717, 1.165) is 30.6 Å². The minimum atomic E-state index is -0.0654. The maximum Gasteiger partial charge on any atom is 0.268 e. The second-order valence-electron chi connectivity index (χ2n) is 7.25. The number of hydrogen-bond donors (Lipinski definition) is 1. The highest BCUT2D eigenvalue weighted by molar-refractivity contribution is 5.94. The van der Waals surface area contributed by atoms with Crippen molar-refractivity contribution in [2.75, 3.05) is 13.2 Å². The summed E-state index contributed by atoms with van der Waals surface area (Å²) in [7, 11) is 0. The van der Waals surface area contributed by atoms with E-state index in [1.165, 1.54) is 11.1 Å². The fourth-order valence-electron chi connectivity index (χ4n) is 3.61. The van der Waals surface area contributed by atoms with Crippen LogP contribution in [0, 0.1) is 6.92 Å². The molecule has 0 aliphatic carbocycles. The summed E-state index contributed by atoms with van der Waals surface area (Å²) in [4.78, 5) is 17.0. The van der Waals surface area contributed by atoms with E-state index in [4.69, 9.17) is 4.74 Å². The Morgan fingerprint density at radius 2 is 2.04 bits per heavy atom. The number of amides is 1. The predicted octanol–water partition coefficient (Wildman–Crippen LogP) is 3.82. The highest BCUT2D eigenvalue weighted by Crippen LogP contribution is 2.23. The highest BCUT2D eigenvalue weighted by atomic mass is 16.5. The van der Waals surface area contributed by atoms with Crippen LogP contribution in [0.2, 0.25) is 0 Å². The van der Waals surface area contributed by atoms with Crippen molar-refractivity contribution in [3.63, 3.8) is 0 Å². The van der Waals surface area contributed by atoms with Gasteiger partial charge in [0.05, 0.1) is 6.10 Å². The molecule has 5 heteroatoms. The smallest absolute Gasteiger partial charge is 0.268 e. The number of hydrogen-bond acceptors (Lipinski definition) is 3. The van der Waals surface area contributed by atoms with Gasteiger partial charge in [-0.05, 0) is 54.7 Å². The van der Waals surface area contributed by atoms with Crippen LogP contribution in [-0.4, -0.2) is 34.7 Å². The van der Waals surface area contributed by atoms with Crippen LogP contribution >= 0.6 is 0 Å². The fourth-order valence-corrected chi connectivity index (χ4v) is 3.61. The summed E-state index contributed by atoms with van der Waals surface area (Å²) in [5.41, 5.74) is 5.14. The summed E-state index contributed by atoms with van der Waals surface area (Å²) in [6, 6.07) is 14.1. The molecule has 0 unspecified atom stereocenters. The van der Waals surface area contributed by atoms with Crippen molar-refractivity contribution in [1.82, 2.24) is 14.9 Å².